The molecule has 2 aliphatic rings. The zero-order valence-electron chi connectivity index (χ0n) is 72.4. The Kier molecular flexibility index (Phi) is 50.1. The molecule has 123 heavy (non-hydrogen) atoms. The molecule has 8 aromatic carbocycles. The Balaban J connectivity index is 0.000000365. The molecule has 0 atom stereocenters. The van der Waals surface area contributed by atoms with Gasteiger partial charge in [0.2, 0.25) is 50.1 Å². The Bertz CT molecular complexity index is 5040. The Morgan fingerprint density at radius 1 is 0.463 bits per heavy atom. The molecule has 2 fully saturated rings. The number of carbonyl (C=O) groups excluding carboxylic acids is 3. The molecular formula is C86H120Cl2F2N10O17S6. The second-order valence-corrected chi connectivity index (χ2v) is 39.8. The van der Waals surface area contributed by atoms with Gasteiger partial charge in [-0.25, -0.2) is 70.0 Å². The van der Waals surface area contributed by atoms with E-state index in [0.717, 1.165) is 95.0 Å². The number of nitrogens with one attached hydrogen (secondary N) is 6. The van der Waals surface area contributed by atoms with Gasteiger partial charge in [-0.2, -0.15) is 11.8 Å². The first kappa shape index (κ1) is 108. The van der Waals surface area contributed by atoms with Crippen molar-refractivity contribution in [2.24, 2.45) is 0 Å². The smallest absolute Gasteiger partial charge is 0.411 e. The number of halogens is 4. The Labute approximate surface area is 742 Å². The maximum Gasteiger partial charge on any atom is 0.411 e. The van der Waals surface area contributed by atoms with Crippen molar-refractivity contribution in [3.8, 4) is 0 Å². The highest BCUT2D eigenvalue weighted by Gasteiger charge is 2.22. The molecule has 8 aromatic rings. The van der Waals surface area contributed by atoms with Crippen LogP contribution in [0.5, 0.6) is 0 Å². The standard InChI is InChI=1S/C14H22N2O3S.C13H20N2O2S2.C11H14FNO2.C10H11ClFNO2.C10H15NO2S.C10H13NO2.C9H12ClNO2S.C9H13NO2S/c1-13-3-5-14(6-4-13)15(2)20(17,18)12-9-16-7-10-19-11-8-16;1-12-2-4-13(5-3-12)14-19(16,17)11-8-15-6-9-18-10-7-15;1-3-6-15-11(14)13-9-4-5-10(12)8(2)7-9;1-7-6-8(2-3-9(7)12)13-10(14)15-5-4-11;1-3-8-14(12,13)11-10-7-5-4-6-9(10)2;1-3-13-10(12)11-9-6-4-5-8(2)7-9;1-8-3-5-9(6-4-8)11(2)14(12,13)7-10;1-8-4-3-5-9(6-8)7-10-13(2,11)12/h3-6H,7-12H2,1-2H3;2-5,14H,6-11H2,1H3;4-5,7H,3,6H2,1-2H3,(H,13,14);2-3,6H,4-5H2,1H3,(H,13,14);4-7,11H,3,8H2,1-2H3;4-7H,3H2,1-2H3,(H,11,12);3-6H,7H2,1-2H3;3-6,10H,7H2,1-2H3. The highest BCUT2D eigenvalue weighted by Crippen LogP contribution is 2.22. The molecule has 2 heterocycles. The fourth-order valence-electron chi connectivity index (χ4n) is 10.3. The molecule has 2 saturated heterocycles. The molecular weight excluding hydrogens is 1750 g/mol. The van der Waals surface area contributed by atoms with Crippen LogP contribution in [0.4, 0.5) is 63.0 Å². The summed E-state index contributed by atoms with van der Waals surface area (Å²) in [6.07, 6.45) is 1.04. The van der Waals surface area contributed by atoms with Crippen molar-refractivity contribution in [1.29, 1.82) is 0 Å². The quantitative estimate of drug-likeness (QED) is 0.0196. The lowest BCUT2D eigenvalue weighted by molar-refractivity contribution is 0.0408. The van der Waals surface area contributed by atoms with Gasteiger partial charge in [-0.15, -0.1) is 23.2 Å². The first-order valence-electron chi connectivity index (χ1n) is 39.3. The molecule has 27 nitrogen and oxygen atoms in total. The third-order valence-electron chi connectivity index (χ3n) is 17.2. The molecule has 2 aliphatic heterocycles. The van der Waals surface area contributed by atoms with E-state index in [1.165, 1.54) is 46.0 Å². The molecule has 680 valence electrons. The zero-order chi connectivity index (χ0) is 91.8. The summed E-state index contributed by atoms with van der Waals surface area (Å²) < 4.78 is 171. The van der Waals surface area contributed by atoms with Gasteiger partial charge in [0.1, 0.15) is 23.5 Å². The lowest BCUT2D eigenvalue weighted by atomic mass is 10.1. The predicted molar refractivity (Wildman–Crippen MR) is 499 cm³/mol. The SMILES string of the molecule is CCCOC(=O)Nc1ccc(F)c(C)c1.CCCS(=O)(=O)Nc1ccccc1C.CCOC(=O)Nc1cccc(C)c1.Cc1cc(NC(=O)OCCCl)ccc1F.Cc1ccc(N(C)S(=O)(=O)CCN2CCOCC2)cc1.Cc1ccc(N(C)S(=O)(=O)CCl)cc1.Cc1ccc(NS(=O)(=O)CCN2CCSCC2)cc1.Cc1cccc(CNS(C)(=O)=O)c1. The van der Waals surface area contributed by atoms with Crippen LogP contribution in [0, 0.1) is 67.0 Å². The van der Waals surface area contributed by atoms with E-state index in [1.54, 1.807) is 64.2 Å². The first-order valence-corrected chi connectivity index (χ1v) is 50.0. The van der Waals surface area contributed by atoms with E-state index in [2.05, 4.69) is 44.7 Å². The normalized spacial score (nSPS) is 12.6. The van der Waals surface area contributed by atoms with Gasteiger partial charge in [0.15, 0.2) is 0 Å². The lowest BCUT2D eigenvalue weighted by Gasteiger charge is -2.27. The van der Waals surface area contributed by atoms with E-state index in [9.17, 15) is 65.3 Å². The highest BCUT2D eigenvalue weighted by molar-refractivity contribution is 7.99. The van der Waals surface area contributed by atoms with Crippen molar-refractivity contribution < 1.29 is 84.2 Å². The minimum atomic E-state index is -3.37. The number of amides is 3. The topological polar surface area (TPSA) is 344 Å². The average molecular weight is 1870 g/mol. The number of sulfonamides is 5. The van der Waals surface area contributed by atoms with E-state index in [0.29, 0.717) is 97.7 Å². The van der Waals surface area contributed by atoms with Gasteiger partial charge in [0.05, 0.1) is 72.9 Å². The van der Waals surface area contributed by atoms with E-state index in [1.807, 2.05) is 182 Å². The Morgan fingerprint density at radius 2 is 0.911 bits per heavy atom. The van der Waals surface area contributed by atoms with Crippen LogP contribution in [0.1, 0.15) is 83.7 Å². The van der Waals surface area contributed by atoms with Crippen LogP contribution >= 0.6 is 35.0 Å². The lowest BCUT2D eigenvalue weighted by Crippen LogP contribution is -2.41. The number of anilines is 7. The van der Waals surface area contributed by atoms with Gasteiger partial charge >= 0.3 is 18.3 Å². The Hall–Kier alpha value is -8.85. The number of benzene rings is 8. The number of para-hydroxylation sites is 1. The minimum absolute atomic E-state index is 0.136. The second-order valence-electron chi connectivity index (χ2n) is 28.0. The number of thioether (sulfide) groups is 1. The van der Waals surface area contributed by atoms with Gasteiger partial charge in [-0.05, 0) is 194 Å². The first-order chi connectivity index (χ1) is 58.0. The molecule has 0 spiro atoms. The largest absolute Gasteiger partial charge is 0.450 e. The number of hydrogen-bond acceptors (Lipinski definition) is 20. The van der Waals surface area contributed by atoms with Gasteiger partial charge in [-0.1, -0.05) is 127 Å². The number of ether oxygens (including phenoxy) is 4. The number of hydrogen-bond donors (Lipinski definition) is 6. The third kappa shape index (κ3) is 47.2. The summed E-state index contributed by atoms with van der Waals surface area (Å²) in [6, 6.07) is 53.4. The van der Waals surface area contributed by atoms with Gasteiger partial charge in [0, 0.05) is 94.2 Å². The summed E-state index contributed by atoms with van der Waals surface area (Å²) in [5.41, 5.74) is 12.9. The molecule has 0 aromatic heterocycles. The van der Waals surface area contributed by atoms with Crippen LogP contribution in [-0.4, -0.2) is 203 Å². The van der Waals surface area contributed by atoms with E-state index in [4.69, 9.17) is 37.4 Å². The summed E-state index contributed by atoms with van der Waals surface area (Å²) in [7, 11) is -13.0. The molecule has 0 bridgehead atoms. The van der Waals surface area contributed by atoms with Crippen LogP contribution in [-0.2, 0) is 75.6 Å². The molecule has 0 aliphatic carbocycles. The number of alkyl halides is 2. The summed E-state index contributed by atoms with van der Waals surface area (Å²) in [5, 5.41) is 7.19. The summed E-state index contributed by atoms with van der Waals surface area (Å²) in [4.78, 5) is 37.6. The van der Waals surface area contributed by atoms with Crippen molar-refractivity contribution >= 4 is 143 Å². The number of nitrogens with zero attached hydrogens (tertiary/aromatic N) is 4. The zero-order valence-corrected chi connectivity index (χ0v) is 78.8. The summed E-state index contributed by atoms with van der Waals surface area (Å²) in [6.45, 7) is 27.9. The van der Waals surface area contributed by atoms with Crippen molar-refractivity contribution in [1.82, 2.24) is 14.5 Å². The van der Waals surface area contributed by atoms with Crippen molar-refractivity contribution in [2.75, 3.05) is 167 Å². The monoisotopic (exact) mass is 1860 g/mol. The number of morpholine rings is 1. The summed E-state index contributed by atoms with van der Waals surface area (Å²) in [5.74, 6) is 2.31. The van der Waals surface area contributed by atoms with Crippen molar-refractivity contribution in [2.45, 2.75) is 95.5 Å². The van der Waals surface area contributed by atoms with E-state index < -0.39 is 73.6 Å². The van der Waals surface area contributed by atoms with Crippen molar-refractivity contribution in [3.63, 3.8) is 0 Å². The molecule has 3 amide bonds. The summed E-state index contributed by atoms with van der Waals surface area (Å²) >= 11 is 12.6. The predicted octanol–water partition coefficient (Wildman–Crippen LogP) is 16.6. The number of aryl methyl sites for hydroxylation is 8. The van der Waals surface area contributed by atoms with E-state index >= 15 is 0 Å². The Morgan fingerprint density at radius 3 is 1.37 bits per heavy atom. The molecule has 0 unspecified atom stereocenters. The fourth-order valence-corrected chi connectivity index (χ4v) is 16.4. The molecule has 37 heteroatoms. The maximum absolute atomic E-state index is 12.9. The van der Waals surface area contributed by atoms with Gasteiger partial charge in [-0.3, -0.25) is 38.9 Å². The second kappa shape index (κ2) is 56.9. The number of rotatable bonds is 28. The van der Waals surface area contributed by atoms with Crippen molar-refractivity contribution in [3.05, 3.63) is 244 Å². The van der Waals surface area contributed by atoms with Crippen LogP contribution in [0.3, 0.4) is 0 Å². The van der Waals surface area contributed by atoms with Crippen LogP contribution in [0.2, 0.25) is 0 Å². The van der Waals surface area contributed by atoms with Gasteiger partial charge in [0.25, 0.3) is 0 Å². The van der Waals surface area contributed by atoms with Crippen LogP contribution < -0.4 is 38.7 Å². The minimum Gasteiger partial charge on any atom is -0.450 e. The average Bonchev–Trinajstić information content (AvgIpc) is 0.840. The molecule has 6 N–H and O–H groups in total. The molecule has 0 saturated carbocycles. The van der Waals surface area contributed by atoms with Gasteiger partial charge < -0.3 is 23.8 Å². The van der Waals surface area contributed by atoms with E-state index in [-0.39, 0.29) is 41.4 Å². The van der Waals surface area contributed by atoms with Crippen LogP contribution in [0.25, 0.3) is 0 Å². The molecule has 10 rings (SSSR count). The number of carbonyl (C=O) groups is 3. The highest BCUT2D eigenvalue weighted by atomic mass is 35.5. The van der Waals surface area contributed by atoms with Crippen LogP contribution in [0.15, 0.2) is 182 Å². The maximum atomic E-state index is 12.9. The third-order valence-corrected chi connectivity index (χ3v) is 25.6. The molecule has 0 radical (unpaired) electrons. The fraction of sp³-hybridized carbons (Fsp3) is 0.407.